The molecule has 1 aromatic carbocycles. The average Bonchev–Trinajstić information content (AvgIpc) is 2.82. The highest BCUT2D eigenvalue weighted by Crippen LogP contribution is 2.49. The Morgan fingerprint density at radius 3 is 2.71 bits per heavy atom. The van der Waals surface area contributed by atoms with Crippen molar-refractivity contribution < 1.29 is 9.18 Å². The maximum Gasteiger partial charge on any atom is 0.238 e. The summed E-state index contributed by atoms with van der Waals surface area (Å²) in [5.41, 5.74) is 1.64. The molecule has 0 N–H and O–H groups in total. The van der Waals surface area contributed by atoms with Gasteiger partial charge in [0.1, 0.15) is 5.82 Å². The fourth-order valence-electron chi connectivity index (χ4n) is 3.96. The predicted octanol–water partition coefficient (Wildman–Crippen LogP) is 2.73. The van der Waals surface area contributed by atoms with Crippen molar-refractivity contribution in [1.29, 1.82) is 0 Å². The molecule has 5 heteroatoms. The highest BCUT2D eigenvalue weighted by Gasteiger charge is 2.52. The Kier molecular flexibility index (Phi) is 3.61. The van der Waals surface area contributed by atoms with Crippen LogP contribution < -0.4 is 4.90 Å². The smallest absolute Gasteiger partial charge is 0.238 e. The molecule has 0 saturated carbocycles. The number of fused-ring (bicyclic) bond motifs is 2. The third-order valence-corrected chi connectivity index (χ3v) is 5.33. The molecule has 24 heavy (non-hydrogen) atoms. The van der Waals surface area contributed by atoms with Gasteiger partial charge in [0.15, 0.2) is 0 Å². The van der Waals surface area contributed by atoms with Gasteiger partial charge in [-0.15, -0.1) is 0 Å². The maximum atomic E-state index is 14.6. The summed E-state index contributed by atoms with van der Waals surface area (Å²) < 4.78 is 14.6. The zero-order chi connectivity index (χ0) is 16.7. The van der Waals surface area contributed by atoms with Gasteiger partial charge in [-0.25, -0.2) is 4.39 Å². The maximum absolute atomic E-state index is 14.6. The zero-order valence-corrected chi connectivity index (χ0v) is 13.7. The Balaban J connectivity index is 1.78. The minimum atomic E-state index is -0.577. The van der Waals surface area contributed by atoms with Crippen LogP contribution in [-0.2, 0) is 16.8 Å². The Morgan fingerprint density at radius 2 is 2.00 bits per heavy atom. The molecular formula is C19H20FN3O. The molecule has 1 spiro atoms. The van der Waals surface area contributed by atoms with Crippen molar-refractivity contribution in [2.45, 2.75) is 24.8 Å². The van der Waals surface area contributed by atoms with Crippen LogP contribution in [0.4, 0.5) is 10.1 Å². The number of piperidine rings is 1. The number of pyridine rings is 1. The summed E-state index contributed by atoms with van der Waals surface area (Å²) in [4.78, 5) is 21.3. The lowest BCUT2D eigenvalue weighted by molar-refractivity contribution is -0.124. The number of rotatable bonds is 2. The van der Waals surface area contributed by atoms with Crippen LogP contribution in [0.1, 0.15) is 24.0 Å². The first kappa shape index (κ1) is 15.3. The van der Waals surface area contributed by atoms with E-state index < -0.39 is 5.41 Å². The minimum Gasteiger partial charge on any atom is -0.306 e. The van der Waals surface area contributed by atoms with E-state index in [2.05, 4.69) is 16.9 Å². The van der Waals surface area contributed by atoms with Crippen molar-refractivity contribution in [3.63, 3.8) is 0 Å². The second-order valence-corrected chi connectivity index (χ2v) is 6.77. The molecule has 4 rings (SSSR count). The van der Waals surface area contributed by atoms with Crippen LogP contribution in [0.25, 0.3) is 0 Å². The van der Waals surface area contributed by atoms with Crippen LogP contribution in [0.15, 0.2) is 42.7 Å². The van der Waals surface area contributed by atoms with E-state index in [4.69, 9.17) is 0 Å². The molecular weight excluding hydrogens is 305 g/mol. The number of hydrogen-bond donors (Lipinski definition) is 0. The van der Waals surface area contributed by atoms with E-state index in [1.807, 2.05) is 18.2 Å². The summed E-state index contributed by atoms with van der Waals surface area (Å²) in [6, 6.07) is 8.83. The molecule has 2 aliphatic rings. The number of hydrogen-bond acceptors (Lipinski definition) is 3. The fourth-order valence-corrected chi connectivity index (χ4v) is 3.96. The van der Waals surface area contributed by atoms with E-state index in [1.165, 1.54) is 6.07 Å². The van der Waals surface area contributed by atoms with Crippen molar-refractivity contribution in [3.05, 3.63) is 59.7 Å². The topological polar surface area (TPSA) is 36.4 Å². The minimum absolute atomic E-state index is 0.0274. The number of benzene rings is 1. The lowest BCUT2D eigenvalue weighted by Gasteiger charge is -2.36. The van der Waals surface area contributed by atoms with Crippen molar-refractivity contribution in [2.24, 2.45) is 0 Å². The van der Waals surface area contributed by atoms with Crippen molar-refractivity contribution in [2.75, 3.05) is 25.0 Å². The summed E-state index contributed by atoms with van der Waals surface area (Å²) in [6.45, 7) is 2.06. The molecule has 3 heterocycles. The Hall–Kier alpha value is -2.27. The van der Waals surface area contributed by atoms with Crippen molar-refractivity contribution in [1.82, 2.24) is 9.88 Å². The van der Waals surface area contributed by atoms with Crippen LogP contribution in [0, 0.1) is 5.82 Å². The molecule has 1 fully saturated rings. The molecule has 0 atom stereocenters. The first-order chi connectivity index (χ1) is 11.6. The van der Waals surface area contributed by atoms with Gasteiger partial charge in [-0.05, 0) is 56.2 Å². The van der Waals surface area contributed by atoms with Gasteiger partial charge < -0.3 is 9.80 Å². The number of carbonyl (C=O) groups excluding carboxylic acids is 1. The monoisotopic (exact) mass is 325 g/mol. The predicted molar refractivity (Wildman–Crippen MR) is 90.2 cm³/mol. The molecule has 0 aliphatic carbocycles. The Labute approximate surface area is 140 Å². The Bertz CT molecular complexity index is 769. The largest absolute Gasteiger partial charge is 0.306 e. The third-order valence-electron chi connectivity index (χ3n) is 5.33. The van der Waals surface area contributed by atoms with E-state index >= 15 is 0 Å². The molecule has 2 aliphatic heterocycles. The molecule has 4 nitrogen and oxygen atoms in total. The number of halogens is 1. The number of likely N-dealkylation sites (tertiary alicyclic amines) is 1. The van der Waals surface area contributed by atoms with Gasteiger partial charge >= 0.3 is 0 Å². The fraction of sp³-hybridized carbons (Fsp3) is 0.368. The highest BCUT2D eigenvalue weighted by molar-refractivity contribution is 6.08. The van der Waals surface area contributed by atoms with Gasteiger partial charge in [0, 0.05) is 12.4 Å². The normalized spacial score (nSPS) is 19.8. The average molecular weight is 325 g/mol. The molecule has 0 radical (unpaired) electrons. The summed E-state index contributed by atoms with van der Waals surface area (Å²) in [5.74, 6) is -0.292. The van der Waals surface area contributed by atoms with Gasteiger partial charge in [-0.2, -0.15) is 0 Å². The summed E-state index contributed by atoms with van der Waals surface area (Å²) in [5, 5.41) is 0. The van der Waals surface area contributed by atoms with E-state index in [0.717, 1.165) is 37.1 Å². The number of nitrogens with zero attached hydrogens (tertiary/aromatic N) is 3. The Morgan fingerprint density at radius 1 is 1.21 bits per heavy atom. The number of anilines is 1. The van der Waals surface area contributed by atoms with Gasteiger partial charge in [-0.1, -0.05) is 18.2 Å². The number of para-hydroxylation sites is 1. The molecule has 1 aromatic heterocycles. The number of amides is 1. The zero-order valence-electron chi connectivity index (χ0n) is 13.7. The summed E-state index contributed by atoms with van der Waals surface area (Å²) >= 11 is 0. The van der Waals surface area contributed by atoms with Crippen LogP contribution in [0.3, 0.4) is 0 Å². The second kappa shape index (κ2) is 5.67. The van der Waals surface area contributed by atoms with Gasteiger partial charge in [0.05, 0.1) is 17.6 Å². The SMILES string of the molecule is CN1CCC2(CC1)C(=O)N(Cc1cccnc1)c1c(F)cccc12. The number of aromatic nitrogens is 1. The first-order valence-corrected chi connectivity index (χ1v) is 8.30. The lowest BCUT2D eigenvalue weighted by atomic mass is 9.74. The van der Waals surface area contributed by atoms with Crippen molar-refractivity contribution in [3.8, 4) is 0 Å². The van der Waals surface area contributed by atoms with Crippen molar-refractivity contribution >= 4 is 11.6 Å². The van der Waals surface area contributed by atoms with E-state index in [-0.39, 0.29) is 11.7 Å². The van der Waals surface area contributed by atoms with E-state index in [9.17, 15) is 9.18 Å². The van der Waals surface area contributed by atoms with Crippen LogP contribution in [-0.4, -0.2) is 35.9 Å². The van der Waals surface area contributed by atoms with Gasteiger partial charge in [0.25, 0.3) is 0 Å². The second-order valence-electron chi connectivity index (χ2n) is 6.77. The standard InChI is InChI=1S/C19H20FN3O/c1-22-10-7-19(8-11-22)15-5-2-6-16(20)17(15)23(18(19)24)13-14-4-3-9-21-12-14/h2-6,9,12H,7-8,10-11,13H2,1H3. The van der Waals surface area contributed by atoms with Gasteiger partial charge in [0.2, 0.25) is 5.91 Å². The molecule has 124 valence electrons. The third kappa shape index (κ3) is 2.23. The molecule has 1 amide bonds. The van der Waals surface area contributed by atoms with Crippen LogP contribution in [0.2, 0.25) is 0 Å². The molecule has 2 aromatic rings. The lowest BCUT2D eigenvalue weighted by Crippen LogP contribution is -2.47. The van der Waals surface area contributed by atoms with Gasteiger partial charge in [-0.3, -0.25) is 9.78 Å². The summed E-state index contributed by atoms with van der Waals surface area (Å²) in [6.07, 6.45) is 4.90. The summed E-state index contributed by atoms with van der Waals surface area (Å²) in [7, 11) is 2.06. The van der Waals surface area contributed by atoms with Crippen LogP contribution >= 0.6 is 0 Å². The quantitative estimate of drug-likeness (QED) is 0.852. The first-order valence-electron chi connectivity index (χ1n) is 8.30. The van der Waals surface area contributed by atoms with E-state index in [0.29, 0.717) is 12.2 Å². The highest BCUT2D eigenvalue weighted by atomic mass is 19.1. The van der Waals surface area contributed by atoms with Crippen LogP contribution in [0.5, 0.6) is 0 Å². The molecule has 0 unspecified atom stereocenters. The number of carbonyl (C=O) groups is 1. The van der Waals surface area contributed by atoms with E-state index in [1.54, 1.807) is 23.4 Å². The molecule has 0 bridgehead atoms. The molecule has 1 saturated heterocycles.